The van der Waals surface area contributed by atoms with Gasteiger partial charge in [0.15, 0.2) is 5.13 Å². The zero-order valence-corrected chi connectivity index (χ0v) is 17.3. The van der Waals surface area contributed by atoms with Gasteiger partial charge in [-0.15, -0.1) is 11.3 Å². The normalized spacial score (nSPS) is 11.2. The Morgan fingerprint density at radius 3 is 2.73 bits per heavy atom. The first-order valence-corrected chi connectivity index (χ1v) is 9.93. The third-order valence-corrected chi connectivity index (χ3v) is 5.37. The molecule has 2 aromatic carbocycles. The Morgan fingerprint density at radius 1 is 1.23 bits per heavy atom. The molecule has 0 radical (unpaired) electrons. The second kappa shape index (κ2) is 9.36. The van der Waals surface area contributed by atoms with Gasteiger partial charge < -0.3 is 15.4 Å². The van der Waals surface area contributed by atoms with Crippen molar-refractivity contribution in [2.75, 3.05) is 24.3 Å². The van der Waals surface area contributed by atoms with Crippen LogP contribution >= 0.6 is 22.9 Å². The number of thiazole rings is 1. The average molecular weight is 456 g/mol. The molecule has 0 saturated heterocycles. The summed E-state index contributed by atoms with van der Waals surface area (Å²) in [6.07, 6.45) is -2.76. The van der Waals surface area contributed by atoms with Crippen molar-refractivity contribution in [1.29, 1.82) is 0 Å². The van der Waals surface area contributed by atoms with E-state index in [2.05, 4.69) is 15.6 Å². The lowest BCUT2D eigenvalue weighted by atomic mass is 10.1. The molecule has 0 saturated carbocycles. The van der Waals surface area contributed by atoms with E-state index in [1.807, 2.05) is 12.1 Å². The molecule has 5 nitrogen and oxygen atoms in total. The van der Waals surface area contributed by atoms with E-state index in [1.165, 1.54) is 30.7 Å². The summed E-state index contributed by atoms with van der Waals surface area (Å²) in [4.78, 5) is 16.9. The lowest BCUT2D eigenvalue weighted by Crippen LogP contribution is -2.21. The summed E-state index contributed by atoms with van der Waals surface area (Å²) in [6.45, 7) is -0.00522. The minimum Gasteiger partial charge on any atom is -0.495 e. The van der Waals surface area contributed by atoms with Gasteiger partial charge in [-0.2, -0.15) is 13.2 Å². The van der Waals surface area contributed by atoms with Gasteiger partial charge in [-0.3, -0.25) is 4.79 Å². The van der Waals surface area contributed by atoms with E-state index >= 15 is 0 Å². The second-order valence-corrected chi connectivity index (χ2v) is 7.74. The molecule has 1 amide bonds. The number of nitrogens with zero attached hydrogens (tertiary/aromatic N) is 1. The predicted octanol–water partition coefficient (Wildman–Crippen LogP) is 5.47. The largest absolute Gasteiger partial charge is 0.495 e. The number of methoxy groups -OCH3 is 1. The number of hydrogen-bond donors (Lipinski definition) is 2. The lowest BCUT2D eigenvalue weighted by Gasteiger charge is -2.10. The van der Waals surface area contributed by atoms with Crippen LogP contribution in [0.5, 0.6) is 5.75 Å². The van der Waals surface area contributed by atoms with Crippen molar-refractivity contribution in [1.82, 2.24) is 4.98 Å². The smallest absolute Gasteiger partial charge is 0.416 e. The van der Waals surface area contributed by atoms with Crippen LogP contribution in [-0.2, 0) is 17.4 Å². The predicted molar refractivity (Wildman–Crippen MR) is 111 cm³/mol. The molecular weight excluding hydrogens is 439 g/mol. The fourth-order valence-electron chi connectivity index (χ4n) is 2.65. The number of para-hydroxylation sites is 2. The number of carbonyl (C=O) groups excluding carboxylic acids is 1. The summed E-state index contributed by atoms with van der Waals surface area (Å²) < 4.78 is 44.0. The Kier molecular flexibility index (Phi) is 6.84. The van der Waals surface area contributed by atoms with E-state index in [1.54, 1.807) is 12.1 Å². The van der Waals surface area contributed by atoms with E-state index in [-0.39, 0.29) is 23.9 Å². The third kappa shape index (κ3) is 5.64. The Labute approximate surface area is 179 Å². The maximum absolute atomic E-state index is 12.9. The van der Waals surface area contributed by atoms with Crippen LogP contribution in [0.2, 0.25) is 5.02 Å². The lowest BCUT2D eigenvalue weighted by molar-refractivity contribution is -0.137. The summed E-state index contributed by atoms with van der Waals surface area (Å²) in [5.41, 5.74) is 0.252. The molecule has 0 aliphatic carbocycles. The van der Waals surface area contributed by atoms with Crippen LogP contribution in [0.1, 0.15) is 16.0 Å². The molecule has 3 aromatic rings. The first-order valence-electron chi connectivity index (χ1n) is 8.73. The molecule has 10 heteroatoms. The topological polar surface area (TPSA) is 63.2 Å². The number of hydrogen-bond acceptors (Lipinski definition) is 5. The highest BCUT2D eigenvalue weighted by atomic mass is 35.5. The fraction of sp³-hybridized carbons (Fsp3) is 0.200. The molecule has 1 aromatic heterocycles. The van der Waals surface area contributed by atoms with Gasteiger partial charge in [0.05, 0.1) is 24.9 Å². The van der Waals surface area contributed by atoms with Crippen molar-refractivity contribution in [2.24, 2.45) is 0 Å². The van der Waals surface area contributed by atoms with E-state index in [0.717, 1.165) is 12.1 Å². The second-order valence-electron chi connectivity index (χ2n) is 6.21. The molecular formula is C20H17ClF3N3O2S. The number of aromatic nitrogens is 1. The van der Waals surface area contributed by atoms with Crippen LogP contribution in [0, 0.1) is 0 Å². The number of halogens is 4. The number of rotatable bonds is 7. The highest BCUT2D eigenvalue weighted by molar-refractivity contribution is 7.15. The summed E-state index contributed by atoms with van der Waals surface area (Å²) in [6, 6.07) is 10.4. The van der Waals surface area contributed by atoms with Gasteiger partial charge in [0.25, 0.3) is 0 Å². The Morgan fingerprint density at radius 2 is 2.00 bits per heavy atom. The molecule has 2 N–H and O–H groups in total. The van der Waals surface area contributed by atoms with Crippen molar-refractivity contribution >= 4 is 39.7 Å². The number of amides is 1. The monoisotopic (exact) mass is 455 g/mol. The fourth-order valence-corrected chi connectivity index (χ4v) is 3.69. The zero-order chi connectivity index (χ0) is 21.7. The molecule has 0 bridgehead atoms. The van der Waals surface area contributed by atoms with Crippen LogP contribution in [0.15, 0.2) is 48.7 Å². The Balaban J connectivity index is 1.61. The maximum atomic E-state index is 12.9. The van der Waals surface area contributed by atoms with Gasteiger partial charge in [0, 0.05) is 22.5 Å². The average Bonchev–Trinajstić information content (AvgIpc) is 3.14. The summed E-state index contributed by atoms with van der Waals surface area (Å²) in [5.74, 6) is 0.290. The van der Waals surface area contributed by atoms with Crippen molar-refractivity contribution in [3.8, 4) is 5.75 Å². The molecule has 0 fully saturated rings. The summed E-state index contributed by atoms with van der Waals surface area (Å²) in [5, 5.41) is 6.22. The quantitative estimate of drug-likeness (QED) is 0.496. The number of ether oxygens (including phenoxy) is 1. The van der Waals surface area contributed by atoms with Gasteiger partial charge in [0.1, 0.15) is 5.75 Å². The molecule has 0 atom stereocenters. The van der Waals surface area contributed by atoms with E-state index in [4.69, 9.17) is 16.3 Å². The Hall–Kier alpha value is -2.78. The van der Waals surface area contributed by atoms with Crippen molar-refractivity contribution in [3.63, 3.8) is 0 Å². The molecule has 0 unspecified atom stereocenters. The first kappa shape index (κ1) is 21.9. The number of carbonyl (C=O) groups is 1. The van der Waals surface area contributed by atoms with Crippen LogP contribution in [-0.4, -0.2) is 24.5 Å². The maximum Gasteiger partial charge on any atom is 0.416 e. The van der Waals surface area contributed by atoms with E-state index < -0.39 is 11.7 Å². The number of anilines is 2. The minimum absolute atomic E-state index is 0.00522. The zero-order valence-electron chi connectivity index (χ0n) is 15.7. The van der Waals surface area contributed by atoms with Crippen LogP contribution in [0.25, 0.3) is 0 Å². The van der Waals surface area contributed by atoms with Crippen LogP contribution in [0.4, 0.5) is 24.0 Å². The van der Waals surface area contributed by atoms with Gasteiger partial charge in [-0.05, 0) is 35.9 Å². The first-order chi connectivity index (χ1) is 14.3. The van der Waals surface area contributed by atoms with Crippen molar-refractivity contribution in [3.05, 3.63) is 69.7 Å². The number of nitrogens with one attached hydrogen (secondary N) is 2. The van der Waals surface area contributed by atoms with Gasteiger partial charge >= 0.3 is 6.18 Å². The Bertz CT molecular complexity index is 1040. The third-order valence-electron chi connectivity index (χ3n) is 4.08. The standard InChI is InChI=1S/C20H17ClF3N3O2S/c1-29-17-5-3-2-4-16(17)25-11-18(28)27-19-26-10-14(30-19)9-12-8-13(20(22,23)24)6-7-15(12)21/h2-8,10,25H,9,11H2,1H3,(H,26,27,28). The van der Waals surface area contributed by atoms with Gasteiger partial charge in [-0.25, -0.2) is 4.98 Å². The number of benzene rings is 2. The molecule has 3 rings (SSSR count). The van der Waals surface area contributed by atoms with E-state index in [9.17, 15) is 18.0 Å². The summed E-state index contributed by atoms with van der Waals surface area (Å²) >= 11 is 7.21. The molecule has 158 valence electrons. The minimum atomic E-state index is -4.44. The van der Waals surface area contributed by atoms with Crippen molar-refractivity contribution < 1.29 is 22.7 Å². The number of alkyl halides is 3. The van der Waals surface area contributed by atoms with Crippen LogP contribution in [0.3, 0.4) is 0 Å². The summed E-state index contributed by atoms with van der Waals surface area (Å²) in [7, 11) is 1.54. The SMILES string of the molecule is COc1ccccc1NCC(=O)Nc1ncc(Cc2cc(C(F)(F)F)ccc2Cl)s1. The molecule has 0 aliphatic heterocycles. The van der Waals surface area contributed by atoms with Gasteiger partial charge in [0.2, 0.25) is 5.91 Å². The highest BCUT2D eigenvalue weighted by Gasteiger charge is 2.30. The molecule has 1 heterocycles. The molecule has 0 spiro atoms. The van der Waals surface area contributed by atoms with Gasteiger partial charge in [-0.1, -0.05) is 23.7 Å². The molecule has 0 aliphatic rings. The van der Waals surface area contributed by atoms with E-state index in [0.29, 0.717) is 27.0 Å². The van der Waals surface area contributed by atoms with Crippen LogP contribution < -0.4 is 15.4 Å². The highest BCUT2D eigenvalue weighted by Crippen LogP contribution is 2.33. The van der Waals surface area contributed by atoms with Crippen molar-refractivity contribution in [2.45, 2.75) is 12.6 Å². The molecule has 30 heavy (non-hydrogen) atoms.